The Hall–Kier alpha value is -3.67. The molecule has 2 amide bonds. The molecule has 6 heteroatoms. The smallest absolute Gasteiger partial charge is 0.274 e. The second-order valence-electron chi connectivity index (χ2n) is 6.08. The van der Waals surface area contributed by atoms with Gasteiger partial charge < -0.3 is 15.4 Å². The molecule has 0 unspecified atom stereocenters. The Balaban J connectivity index is 1.62. The highest BCUT2D eigenvalue weighted by molar-refractivity contribution is 6.05. The first-order valence-corrected chi connectivity index (χ1v) is 8.90. The topological polar surface area (TPSA) is 80.3 Å². The zero-order valence-corrected chi connectivity index (χ0v) is 15.5. The van der Waals surface area contributed by atoms with E-state index in [1.165, 1.54) is 19.4 Å². The fraction of sp³-hybridized carbons (Fsp3) is 0.136. The van der Waals surface area contributed by atoms with Crippen LogP contribution in [-0.2, 0) is 6.42 Å². The van der Waals surface area contributed by atoms with E-state index in [-0.39, 0.29) is 11.6 Å². The largest absolute Gasteiger partial charge is 0.495 e. The number of amides is 2. The quantitative estimate of drug-likeness (QED) is 0.664. The summed E-state index contributed by atoms with van der Waals surface area (Å²) < 4.78 is 5.23. The highest BCUT2D eigenvalue weighted by Crippen LogP contribution is 2.23. The lowest BCUT2D eigenvalue weighted by atomic mass is 10.1. The molecule has 0 saturated carbocycles. The number of pyridine rings is 1. The number of ether oxygens (including phenoxy) is 1. The summed E-state index contributed by atoms with van der Waals surface area (Å²) in [7, 11) is 1.53. The summed E-state index contributed by atoms with van der Waals surface area (Å²) >= 11 is 0. The lowest BCUT2D eigenvalue weighted by molar-refractivity contribution is 0.0954. The van der Waals surface area contributed by atoms with E-state index in [1.54, 1.807) is 24.3 Å². The second kappa shape index (κ2) is 9.32. The number of hydrogen-bond donors (Lipinski definition) is 2. The Morgan fingerprint density at radius 1 is 0.964 bits per heavy atom. The molecule has 3 aromatic rings. The average Bonchev–Trinajstić information content (AvgIpc) is 2.75. The van der Waals surface area contributed by atoms with Crippen LogP contribution in [0.5, 0.6) is 5.75 Å². The summed E-state index contributed by atoms with van der Waals surface area (Å²) in [5, 5.41) is 5.61. The van der Waals surface area contributed by atoms with Gasteiger partial charge in [-0.15, -0.1) is 0 Å². The van der Waals surface area contributed by atoms with Crippen LogP contribution >= 0.6 is 0 Å². The molecule has 28 heavy (non-hydrogen) atoms. The van der Waals surface area contributed by atoms with Crippen molar-refractivity contribution in [3.8, 4) is 5.75 Å². The number of benzene rings is 2. The Morgan fingerprint density at radius 3 is 2.50 bits per heavy atom. The Bertz CT molecular complexity index is 958. The lowest BCUT2D eigenvalue weighted by Crippen LogP contribution is -2.26. The van der Waals surface area contributed by atoms with E-state index >= 15 is 0 Å². The van der Waals surface area contributed by atoms with Gasteiger partial charge in [0.2, 0.25) is 0 Å². The fourth-order valence-electron chi connectivity index (χ4n) is 2.70. The number of nitrogens with zero attached hydrogens (tertiary/aromatic N) is 1. The van der Waals surface area contributed by atoms with Gasteiger partial charge in [0, 0.05) is 18.3 Å². The third-order valence-electron chi connectivity index (χ3n) is 4.15. The zero-order valence-electron chi connectivity index (χ0n) is 15.5. The SMILES string of the molecule is COc1ccccc1NC(=O)c1cc(C(=O)NCCc2ccccc2)ccn1. The minimum atomic E-state index is -0.413. The van der Waals surface area contributed by atoms with Gasteiger partial charge in [-0.3, -0.25) is 14.6 Å². The van der Waals surface area contributed by atoms with Gasteiger partial charge >= 0.3 is 0 Å². The number of rotatable bonds is 7. The molecule has 1 heterocycles. The monoisotopic (exact) mass is 375 g/mol. The molecule has 142 valence electrons. The Morgan fingerprint density at radius 2 is 1.71 bits per heavy atom. The van der Waals surface area contributed by atoms with Crippen LogP contribution in [-0.4, -0.2) is 30.5 Å². The summed E-state index contributed by atoms with van der Waals surface area (Å²) in [6.07, 6.45) is 2.18. The predicted octanol–water partition coefficient (Wildman–Crippen LogP) is 3.32. The highest BCUT2D eigenvalue weighted by Gasteiger charge is 2.13. The highest BCUT2D eigenvalue weighted by atomic mass is 16.5. The van der Waals surface area contributed by atoms with Crippen molar-refractivity contribution >= 4 is 17.5 Å². The van der Waals surface area contributed by atoms with Gasteiger partial charge in [0.15, 0.2) is 0 Å². The standard InChI is InChI=1S/C22H21N3O3/c1-28-20-10-6-5-9-18(20)25-22(27)19-15-17(12-14-23-19)21(26)24-13-11-16-7-3-2-4-8-16/h2-10,12,14-15H,11,13H2,1H3,(H,24,26)(H,25,27). The van der Waals surface area contributed by atoms with Gasteiger partial charge in [0.05, 0.1) is 12.8 Å². The molecular weight excluding hydrogens is 354 g/mol. The van der Waals surface area contributed by atoms with Crippen molar-refractivity contribution in [2.75, 3.05) is 19.0 Å². The number of carbonyl (C=O) groups is 2. The molecule has 3 rings (SSSR count). The third-order valence-corrected chi connectivity index (χ3v) is 4.15. The maximum Gasteiger partial charge on any atom is 0.274 e. The third kappa shape index (κ3) is 4.94. The van der Waals surface area contributed by atoms with Crippen LogP contribution in [0.1, 0.15) is 26.4 Å². The van der Waals surface area contributed by atoms with Crippen LogP contribution in [0.25, 0.3) is 0 Å². The molecule has 0 aliphatic carbocycles. The van der Waals surface area contributed by atoms with Crippen LogP contribution < -0.4 is 15.4 Å². The number of anilines is 1. The fourth-order valence-corrected chi connectivity index (χ4v) is 2.70. The van der Waals surface area contributed by atoms with Crippen LogP contribution in [0.15, 0.2) is 72.9 Å². The minimum Gasteiger partial charge on any atom is -0.495 e. The molecule has 0 aliphatic rings. The van der Waals surface area contributed by atoms with Crippen molar-refractivity contribution in [3.05, 3.63) is 89.7 Å². The van der Waals surface area contributed by atoms with Crippen molar-refractivity contribution < 1.29 is 14.3 Å². The van der Waals surface area contributed by atoms with E-state index in [1.807, 2.05) is 36.4 Å². The van der Waals surface area contributed by atoms with Gasteiger partial charge in [-0.05, 0) is 36.2 Å². The molecule has 6 nitrogen and oxygen atoms in total. The summed E-state index contributed by atoms with van der Waals surface area (Å²) in [6.45, 7) is 0.508. The number of methoxy groups -OCH3 is 1. The number of carbonyl (C=O) groups excluding carboxylic acids is 2. The van der Waals surface area contributed by atoms with Gasteiger partial charge in [-0.25, -0.2) is 0 Å². The first-order valence-electron chi connectivity index (χ1n) is 8.90. The molecule has 0 bridgehead atoms. The molecular formula is C22H21N3O3. The second-order valence-corrected chi connectivity index (χ2v) is 6.08. The van der Waals surface area contributed by atoms with Crippen LogP contribution in [0.4, 0.5) is 5.69 Å². The molecule has 0 spiro atoms. The summed E-state index contributed by atoms with van der Waals surface area (Å²) in [4.78, 5) is 28.9. The first kappa shape index (κ1) is 19.1. The first-order chi connectivity index (χ1) is 13.7. The predicted molar refractivity (Wildman–Crippen MR) is 108 cm³/mol. The van der Waals surface area contributed by atoms with Crippen molar-refractivity contribution in [1.82, 2.24) is 10.3 Å². The molecule has 0 aliphatic heterocycles. The van der Waals surface area contributed by atoms with Crippen LogP contribution in [0.3, 0.4) is 0 Å². The van der Waals surface area contributed by atoms with Crippen molar-refractivity contribution in [3.63, 3.8) is 0 Å². The number of para-hydroxylation sites is 2. The molecule has 0 saturated heterocycles. The molecule has 0 fully saturated rings. The van der Waals surface area contributed by atoms with E-state index in [2.05, 4.69) is 15.6 Å². The van der Waals surface area contributed by atoms with Crippen molar-refractivity contribution in [1.29, 1.82) is 0 Å². The molecule has 1 aromatic heterocycles. The van der Waals surface area contributed by atoms with Crippen molar-refractivity contribution in [2.24, 2.45) is 0 Å². The minimum absolute atomic E-state index is 0.154. The molecule has 0 atom stereocenters. The van der Waals surface area contributed by atoms with E-state index in [0.717, 1.165) is 12.0 Å². The summed E-state index contributed by atoms with van der Waals surface area (Å²) in [6, 6.07) is 20.1. The summed E-state index contributed by atoms with van der Waals surface area (Å²) in [5.41, 5.74) is 2.22. The van der Waals surface area contributed by atoms with Gasteiger partial charge in [0.25, 0.3) is 11.8 Å². The van der Waals surface area contributed by atoms with E-state index in [4.69, 9.17) is 4.74 Å². The molecule has 2 N–H and O–H groups in total. The zero-order chi connectivity index (χ0) is 19.8. The molecule has 2 aromatic carbocycles. The van der Waals surface area contributed by atoms with E-state index < -0.39 is 5.91 Å². The van der Waals surface area contributed by atoms with Gasteiger partial charge in [-0.1, -0.05) is 42.5 Å². The van der Waals surface area contributed by atoms with E-state index in [9.17, 15) is 9.59 Å². The average molecular weight is 375 g/mol. The number of hydrogen-bond acceptors (Lipinski definition) is 4. The van der Waals surface area contributed by atoms with Crippen molar-refractivity contribution in [2.45, 2.75) is 6.42 Å². The van der Waals surface area contributed by atoms with Crippen LogP contribution in [0, 0.1) is 0 Å². The van der Waals surface area contributed by atoms with Crippen LogP contribution in [0.2, 0.25) is 0 Å². The maximum atomic E-state index is 12.5. The summed E-state index contributed by atoms with van der Waals surface area (Å²) in [5.74, 6) is -0.112. The number of nitrogens with one attached hydrogen (secondary N) is 2. The van der Waals surface area contributed by atoms with Gasteiger partial charge in [-0.2, -0.15) is 0 Å². The number of aromatic nitrogens is 1. The lowest BCUT2D eigenvalue weighted by Gasteiger charge is -2.10. The Kier molecular flexibility index (Phi) is 6.36. The molecule has 0 radical (unpaired) electrons. The Labute approximate surface area is 163 Å². The van der Waals surface area contributed by atoms with E-state index in [0.29, 0.717) is 23.5 Å². The van der Waals surface area contributed by atoms with Gasteiger partial charge in [0.1, 0.15) is 11.4 Å². The normalized spacial score (nSPS) is 10.2. The maximum absolute atomic E-state index is 12.5.